The summed E-state index contributed by atoms with van der Waals surface area (Å²) in [5, 5.41) is 0.892. The molecule has 2 heterocycles. The zero-order chi connectivity index (χ0) is 13.6. The molecule has 5 heteroatoms. The summed E-state index contributed by atoms with van der Waals surface area (Å²) in [6, 6.07) is 4.68. The minimum absolute atomic E-state index is 0.0195. The van der Waals surface area contributed by atoms with Gasteiger partial charge in [0.15, 0.2) is 5.78 Å². The molecule has 2 aliphatic heterocycles. The quantitative estimate of drug-likeness (QED) is 0.747. The third-order valence-electron chi connectivity index (χ3n) is 3.92. The van der Waals surface area contributed by atoms with Crippen LogP contribution in [0.1, 0.15) is 30.7 Å². The summed E-state index contributed by atoms with van der Waals surface area (Å²) < 4.78 is 0. The summed E-state index contributed by atoms with van der Waals surface area (Å²) in [6.45, 7) is 0.678. The third kappa shape index (κ3) is 2.05. The van der Waals surface area contributed by atoms with Gasteiger partial charge in [0.05, 0.1) is 6.04 Å². The van der Waals surface area contributed by atoms with Crippen molar-refractivity contribution in [3.05, 3.63) is 33.8 Å². The highest BCUT2D eigenvalue weighted by molar-refractivity contribution is 6.35. The fraction of sp³-hybridized carbons (Fsp3) is 0.429. The Morgan fingerprint density at radius 1 is 1.16 bits per heavy atom. The number of nitrogens with zero attached hydrogens (tertiary/aromatic N) is 1. The van der Waals surface area contributed by atoms with Crippen LogP contribution in [0.15, 0.2) is 18.2 Å². The molecule has 0 spiro atoms. The van der Waals surface area contributed by atoms with Crippen LogP contribution in [0.25, 0.3) is 0 Å². The van der Waals surface area contributed by atoms with Crippen LogP contribution in [-0.4, -0.2) is 29.2 Å². The predicted molar refractivity (Wildman–Crippen MR) is 73.6 cm³/mol. The van der Waals surface area contributed by atoms with Crippen LogP contribution < -0.4 is 0 Å². The molecule has 2 atom stereocenters. The molecule has 2 saturated heterocycles. The first kappa shape index (κ1) is 12.9. The number of ketones is 1. The topological polar surface area (TPSA) is 37.4 Å². The summed E-state index contributed by atoms with van der Waals surface area (Å²) in [7, 11) is 0. The number of Topliss-reactive ketones (excluding diaryl/α,β-unsaturated/α-hetero) is 1. The second-order valence-corrected chi connectivity index (χ2v) is 5.89. The van der Waals surface area contributed by atoms with Gasteiger partial charge in [0.1, 0.15) is 5.92 Å². The number of piperidine rings is 1. The first-order valence-corrected chi connectivity index (χ1v) is 7.14. The Labute approximate surface area is 121 Å². The molecular weight excluding hydrogens is 285 g/mol. The highest BCUT2D eigenvalue weighted by Crippen LogP contribution is 2.38. The van der Waals surface area contributed by atoms with Crippen molar-refractivity contribution in [1.82, 2.24) is 4.90 Å². The molecule has 3 rings (SSSR count). The molecule has 0 N–H and O–H groups in total. The summed E-state index contributed by atoms with van der Waals surface area (Å²) >= 11 is 12.0. The number of halogens is 2. The Kier molecular flexibility index (Phi) is 3.27. The van der Waals surface area contributed by atoms with Crippen LogP contribution in [0.4, 0.5) is 0 Å². The number of hydrogen-bond donors (Lipinski definition) is 0. The summed E-state index contributed by atoms with van der Waals surface area (Å²) in [6.07, 6.45) is 2.74. The van der Waals surface area contributed by atoms with Gasteiger partial charge in [-0.15, -0.1) is 0 Å². The summed E-state index contributed by atoms with van der Waals surface area (Å²) in [5.41, 5.74) is 0.579. The van der Waals surface area contributed by atoms with E-state index in [9.17, 15) is 9.59 Å². The van der Waals surface area contributed by atoms with E-state index >= 15 is 0 Å². The van der Waals surface area contributed by atoms with E-state index in [0.717, 1.165) is 19.3 Å². The molecule has 0 aliphatic carbocycles. The lowest BCUT2D eigenvalue weighted by molar-refractivity contribution is -0.130. The summed E-state index contributed by atoms with van der Waals surface area (Å²) in [4.78, 5) is 26.5. The van der Waals surface area contributed by atoms with Gasteiger partial charge in [-0.3, -0.25) is 9.59 Å². The minimum Gasteiger partial charge on any atom is -0.332 e. The zero-order valence-corrected chi connectivity index (χ0v) is 11.7. The third-order valence-corrected chi connectivity index (χ3v) is 4.48. The van der Waals surface area contributed by atoms with Crippen molar-refractivity contribution < 1.29 is 9.59 Å². The molecule has 2 aliphatic rings. The van der Waals surface area contributed by atoms with Gasteiger partial charge in [-0.25, -0.2) is 0 Å². The normalized spacial score (nSPS) is 26.7. The van der Waals surface area contributed by atoms with Gasteiger partial charge >= 0.3 is 0 Å². The van der Waals surface area contributed by atoms with Gasteiger partial charge in [0, 0.05) is 16.6 Å². The minimum atomic E-state index is -0.743. The van der Waals surface area contributed by atoms with Gasteiger partial charge in [-0.1, -0.05) is 29.3 Å². The number of rotatable bonds is 1. The van der Waals surface area contributed by atoms with Crippen LogP contribution in [0.2, 0.25) is 10.0 Å². The average molecular weight is 298 g/mol. The molecule has 100 valence electrons. The van der Waals surface area contributed by atoms with Crippen molar-refractivity contribution in [2.45, 2.75) is 31.2 Å². The molecule has 2 unspecified atom stereocenters. The van der Waals surface area contributed by atoms with E-state index in [0.29, 0.717) is 22.2 Å². The predicted octanol–water partition coefficient (Wildman–Crippen LogP) is 3.04. The maximum atomic E-state index is 12.4. The smallest absolute Gasteiger partial charge is 0.238 e. The second-order valence-electron chi connectivity index (χ2n) is 5.04. The van der Waals surface area contributed by atoms with Crippen LogP contribution in [0.3, 0.4) is 0 Å². The van der Waals surface area contributed by atoms with Gasteiger partial charge < -0.3 is 4.90 Å². The lowest BCUT2D eigenvalue weighted by Crippen LogP contribution is -2.39. The van der Waals surface area contributed by atoms with Crippen molar-refractivity contribution >= 4 is 34.9 Å². The van der Waals surface area contributed by atoms with Crippen molar-refractivity contribution in [2.24, 2.45) is 0 Å². The Morgan fingerprint density at radius 2 is 1.95 bits per heavy atom. The van der Waals surface area contributed by atoms with Crippen molar-refractivity contribution in [1.29, 1.82) is 0 Å². The van der Waals surface area contributed by atoms with Gasteiger partial charge in [-0.05, 0) is 37.0 Å². The highest BCUT2D eigenvalue weighted by atomic mass is 35.5. The average Bonchev–Trinajstić information content (AvgIpc) is 2.64. The van der Waals surface area contributed by atoms with Crippen molar-refractivity contribution in [3.63, 3.8) is 0 Å². The number of benzene rings is 1. The Balaban J connectivity index is 2.00. The Bertz CT molecular complexity index is 534. The van der Waals surface area contributed by atoms with E-state index in [4.69, 9.17) is 23.2 Å². The molecule has 3 nitrogen and oxygen atoms in total. The van der Waals surface area contributed by atoms with E-state index in [2.05, 4.69) is 0 Å². The zero-order valence-electron chi connectivity index (χ0n) is 10.2. The standard InChI is InChI=1S/C14H13Cl2NO2/c15-8-4-5-9(10(16)7-8)12-13(18)11-3-1-2-6-17(11)14(12)19/h4-5,7,11-12H,1-3,6H2. The van der Waals surface area contributed by atoms with Gasteiger partial charge in [0.25, 0.3) is 0 Å². The molecule has 0 saturated carbocycles. The maximum Gasteiger partial charge on any atom is 0.238 e. The van der Waals surface area contributed by atoms with Crippen molar-refractivity contribution in [2.75, 3.05) is 6.54 Å². The molecule has 1 aromatic rings. The fourth-order valence-corrected chi connectivity index (χ4v) is 3.51. The first-order valence-electron chi connectivity index (χ1n) is 6.39. The molecule has 1 amide bonds. The number of hydrogen-bond acceptors (Lipinski definition) is 2. The Morgan fingerprint density at radius 3 is 2.63 bits per heavy atom. The van der Waals surface area contributed by atoms with Crippen LogP contribution in [0, 0.1) is 0 Å². The van der Waals surface area contributed by atoms with E-state index in [-0.39, 0.29) is 17.7 Å². The number of amides is 1. The number of fused-ring (bicyclic) bond motifs is 1. The molecule has 0 bridgehead atoms. The van der Waals surface area contributed by atoms with Crippen LogP contribution in [-0.2, 0) is 9.59 Å². The first-order chi connectivity index (χ1) is 9.09. The molecule has 1 aromatic carbocycles. The molecule has 0 radical (unpaired) electrons. The maximum absolute atomic E-state index is 12.4. The number of carbonyl (C=O) groups is 2. The second kappa shape index (κ2) is 4.80. The Hall–Kier alpha value is -1.06. The van der Waals surface area contributed by atoms with Gasteiger partial charge in [-0.2, -0.15) is 0 Å². The van der Waals surface area contributed by atoms with Crippen LogP contribution in [0.5, 0.6) is 0 Å². The molecule has 2 fully saturated rings. The lowest BCUT2D eigenvalue weighted by atomic mass is 9.92. The van der Waals surface area contributed by atoms with Crippen LogP contribution >= 0.6 is 23.2 Å². The van der Waals surface area contributed by atoms with E-state index in [1.165, 1.54) is 0 Å². The lowest BCUT2D eigenvalue weighted by Gasteiger charge is -2.27. The molecule has 0 aromatic heterocycles. The van der Waals surface area contributed by atoms with Crippen molar-refractivity contribution in [3.8, 4) is 0 Å². The largest absolute Gasteiger partial charge is 0.332 e. The van der Waals surface area contributed by atoms with E-state index in [1.54, 1.807) is 23.1 Å². The number of carbonyl (C=O) groups excluding carboxylic acids is 2. The van der Waals surface area contributed by atoms with E-state index in [1.807, 2.05) is 0 Å². The van der Waals surface area contributed by atoms with Gasteiger partial charge in [0.2, 0.25) is 5.91 Å². The monoisotopic (exact) mass is 297 g/mol. The highest BCUT2D eigenvalue weighted by Gasteiger charge is 2.48. The molecular formula is C14H13Cl2NO2. The molecule has 19 heavy (non-hydrogen) atoms. The SMILES string of the molecule is O=C1C(c2ccc(Cl)cc2Cl)C(=O)N2CCCCC12. The fourth-order valence-electron chi connectivity index (χ4n) is 2.99. The van der Waals surface area contributed by atoms with E-state index < -0.39 is 5.92 Å². The summed E-state index contributed by atoms with van der Waals surface area (Å²) in [5.74, 6) is -0.874.